The largest absolute Gasteiger partial charge is 0.439 e. The molecule has 3 heterocycles. The minimum atomic E-state index is -0.591. The summed E-state index contributed by atoms with van der Waals surface area (Å²) in [6.07, 6.45) is 6.63. The number of piperidine rings is 1. The first-order valence-corrected chi connectivity index (χ1v) is 16.3. The van der Waals surface area contributed by atoms with Gasteiger partial charge in [0.25, 0.3) is 5.56 Å². The first kappa shape index (κ1) is 31.6. The third-order valence-corrected chi connectivity index (χ3v) is 9.07. The summed E-state index contributed by atoms with van der Waals surface area (Å²) in [6, 6.07) is 16.6. The fraction of sp³-hybridized carbons (Fsp3) is 0.457. The van der Waals surface area contributed by atoms with Crippen LogP contribution in [0.4, 0.5) is 0 Å². The molecule has 9 heteroatoms. The van der Waals surface area contributed by atoms with Gasteiger partial charge in [0.05, 0.1) is 17.2 Å². The third-order valence-electron chi connectivity index (χ3n) is 8.71. The molecule has 0 radical (unpaired) electrons. The lowest BCUT2D eigenvalue weighted by Crippen LogP contribution is -2.48. The van der Waals surface area contributed by atoms with Crippen LogP contribution in [0.25, 0.3) is 22.5 Å². The molecule has 1 aliphatic rings. The van der Waals surface area contributed by atoms with Gasteiger partial charge in [-0.3, -0.25) is 18.9 Å². The molecule has 1 fully saturated rings. The summed E-state index contributed by atoms with van der Waals surface area (Å²) in [6.45, 7) is 11.3. The minimum absolute atomic E-state index is 0.0128. The highest BCUT2D eigenvalue weighted by Gasteiger charge is 2.29. The van der Waals surface area contributed by atoms with Gasteiger partial charge in [-0.25, -0.2) is 9.78 Å². The molecule has 1 aliphatic heterocycles. The average molecular weight is 614 g/mol. The molecule has 1 N–H and O–H groups in total. The monoisotopic (exact) mass is 613 g/mol. The summed E-state index contributed by atoms with van der Waals surface area (Å²) in [4.78, 5) is 36.9. The molecule has 1 saturated heterocycles. The number of hydrogen-bond donors (Lipinski definition) is 1. The van der Waals surface area contributed by atoms with E-state index in [4.69, 9.17) is 21.7 Å². The SMILES string of the molecule is CCCCc1nc(C(C)C)c(CC(=S)N2[C@H](C)CCC[C@@H]2C)c(=O)n1Cc1ccc(-c2ccccc2-c2noc(=O)[nH]2)cc1. The number of rotatable bonds is 10. The van der Waals surface area contributed by atoms with E-state index in [0.717, 1.165) is 76.4 Å². The van der Waals surface area contributed by atoms with Crippen molar-refractivity contribution in [3.05, 3.63) is 92.1 Å². The van der Waals surface area contributed by atoms with E-state index in [1.165, 1.54) is 6.42 Å². The van der Waals surface area contributed by atoms with Crippen LogP contribution in [0.3, 0.4) is 0 Å². The Labute approximate surface area is 264 Å². The lowest BCUT2D eigenvalue weighted by Gasteiger charge is -2.41. The number of hydrogen-bond acceptors (Lipinski definition) is 6. The number of benzene rings is 2. The van der Waals surface area contributed by atoms with E-state index in [1.54, 1.807) is 0 Å². The second kappa shape index (κ2) is 13.8. The molecule has 232 valence electrons. The maximum Gasteiger partial charge on any atom is 0.439 e. The average Bonchev–Trinajstić information content (AvgIpc) is 3.44. The molecule has 0 unspecified atom stereocenters. The van der Waals surface area contributed by atoms with E-state index >= 15 is 0 Å². The molecule has 2 aromatic carbocycles. The van der Waals surface area contributed by atoms with Crippen molar-refractivity contribution < 1.29 is 4.52 Å². The van der Waals surface area contributed by atoms with Gasteiger partial charge < -0.3 is 4.90 Å². The molecule has 8 nitrogen and oxygen atoms in total. The Morgan fingerprint density at radius 3 is 2.34 bits per heavy atom. The Hall–Kier alpha value is -3.85. The summed E-state index contributed by atoms with van der Waals surface area (Å²) in [5, 5.41) is 3.88. The van der Waals surface area contributed by atoms with Gasteiger partial charge in [-0.1, -0.05) is 93.1 Å². The number of aromatic nitrogens is 4. The molecule has 0 spiro atoms. The second-order valence-electron chi connectivity index (χ2n) is 12.3. The fourth-order valence-corrected chi connectivity index (χ4v) is 6.91. The molecule has 44 heavy (non-hydrogen) atoms. The smallest absolute Gasteiger partial charge is 0.360 e. The van der Waals surface area contributed by atoms with Gasteiger partial charge in [0.15, 0.2) is 5.82 Å². The lowest BCUT2D eigenvalue weighted by atomic mass is 9.95. The molecule has 2 aromatic heterocycles. The van der Waals surface area contributed by atoms with E-state index in [-0.39, 0.29) is 11.5 Å². The predicted molar refractivity (Wildman–Crippen MR) is 179 cm³/mol. The van der Waals surface area contributed by atoms with Crippen LogP contribution in [0.5, 0.6) is 0 Å². The van der Waals surface area contributed by atoms with E-state index in [9.17, 15) is 9.59 Å². The number of likely N-dealkylation sites (tertiary alicyclic amines) is 1. The van der Waals surface area contributed by atoms with Crippen molar-refractivity contribution in [3.8, 4) is 22.5 Å². The van der Waals surface area contributed by atoms with Crippen LogP contribution in [0.15, 0.2) is 62.6 Å². The standard InChI is InChI=1S/C35H43N5O3S/c1-6-7-15-30-36-32(22(2)3)29(20-31(44)40-23(4)11-10-12-24(40)5)34(41)39(30)21-25-16-18-26(19-17-25)27-13-8-9-14-28(27)33-37-35(42)43-38-33/h8-9,13-14,16-19,22-24H,6-7,10-12,15,20-21H2,1-5H3,(H,37,38,42)/t23-,24+. The van der Waals surface area contributed by atoms with Gasteiger partial charge in [0, 0.05) is 36.1 Å². The quantitative estimate of drug-likeness (QED) is 0.194. The predicted octanol–water partition coefficient (Wildman–Crippen LogP) is 6.90. The van der Waals surface area contributed by atoms with Crippen LogP contribution >= 0.6 is 12.2 Å². The normalized spacial score (nSPS) is 16.9. The molecule has 0 saturated carbocycles. The summed E-state index contributed by atoms with van der Waals surface area (Å²) >= 11 is 6.02. The zero-order valence-corrected chi connectivity index (χ0v) is 27.2. The van der Waals surface area contributed by atoms with Gasteiger partial charge in [0.1, 0.15) is 5.82 Å². The Kier molecular flexibility index (Phi) is 9.93. The van der Waals surface area contributed by atoms with Gasteiger partial charge in [0.2, 0.25) is 0 Å². The summed E-state index contributed by atoms with van der Waals surface area (Å²) < 4.78 is 6.60. The molecule has 5 rings (SSSR count). The topological polar surface area (TPSA) is 97.0 Å². The zero-order chi connectivity index (χ0) is 31.4. The summed E-state index contributed by atoms with van der Waals surface area (Å²) in [7, 11) is 0. The van der Waals surface area contributed by atoms with Crippen molar-refractivity contribution in [2.24, 2.45) is 0 Å². The van der Waals surface area contributed by atoms with Gasteiger partial charge in [-0.05, 0) is 62.1 Å². The van der Waals surface area contributed by atoms with E-state index < -0.39 is 5.76 Å². The van der Waals surface area contributed by atoms with Crippen molar-refractivity contribution in [1.29, 1.82) is 0 Å². The Balaban J connectivity index is 1.49. The molecule has 0 amide bonds. The van der Waals surface area contributed by atoms with Gasteiger partial charge in [-0.2, -0.15) is 0 Å². The third kappa shape index (κ3) is 6.78. The van der Waals surface area contributed by atoms with E-state index in [2.05, 4.69) is 49.7 Å². The maximum atomic E-state index is 14.4. The van der Waals surface area contributed by atoms with E-state index in [0.29, 0.717) is 30.9 Å². The number of H-pyrrole nitrogens is 1. The fourth-order valence-electron chi connectivity index (χ4n) is 6.40. The number of thiocarbonyl (C=S) groups is 1. The van der Waals surface area contributed by atoms with Crippen molar-refractivity contribution in [3.63, 3.8) is 0 Å². The highest BCUT2D eigenvalue weighted by Crippen LogP contribution is 2.30. The molecule has 0 bridgehead atoms. The maximum absolute atomic E-state index is 14.4. The summed E-state index contributed by atoms with van der Waals surface area (Å²) in [5.41, 5.74) is 5.28. The molecule has 2 atom stereocenters. The first-order chi connectivity index (χ1) is 21.2. The van der Waals surface area contributed by atoms with E-state index in [1.807, 2.05) is 53.1 Å². The Bertz CT molecular complexity index is 1710. The highest BCUT2D eigenvalue weighted by atomic mass is 32.1. The second-order valence-corrected chi connectivity index (χ2v) is 12.8. The first-order valence-electron chi connectivity index (χ1n) is 15.9. The van der Waals surface area contributed by atoms with Crippen LogP contribution in [0.2, 0.25) is 0 Å². The molecule has 0 aliphatic carbocycles. The van der Waals surface area contributed by atoms with Crippen molar-refractivity contribution in [2.75, 3.05) is 0 Å². The molecule has 4 aromatic rings. The number of nitrogens with one attached hydrogen (secondary N) is 1. The number of aryl methyl sites for hydroxylation is 1. The van der Waals surface area contributed by atoms with Crippen LogP contribution in [0.1, 0.15) is 95.3 Å². The number of aromatic amines is 1. The van der Waals surface area contributed by atoms with Crippen molar-refractivity contribution in [1.82, 2.24) is 24.6 Å². The van der Waals surface area contributed by atoms with Crippen LogP contribution in [-0.4, -0.2) is 41.7 Å². The van der Waals surface area contributed by atoms with Crippen LogP contribution in [0, 0.1) is 0 Å². The van der Waals surface area contributed by atoms with Crippen molar-refractivity contribution in [2.45, 2.75) is 104 Å². The van der Waals surface area contributed by atoms with Crippen LogP contribution < -0.4 is 11.3 Å². The van der Waals surface area contributed by atoms with Crippen molar-refractivity contribution >= 4 is 17.2 Å². The lowest BCUT2D eigenvalue weighted by molar-refractivity contribution is 0.192. The number of unbranched alkanes of at least 4 members (excludes halogenated alkanes) is 1. The molecular weight excluding hydrogens is 570 g/mol. The van der Waals surface area contributed by atoms with Crippen LogP contribution in [-0.2, 0) is 19.4 Å². The zero-order valence-electron chi connectivity index (χ0n) is 26.4. The molecular formula is C35H43N5O3S. The Morgan fingerprint density at radius 2 is 1.73 bits per heavy atom. The Morgan fingerprint density at radius 1 is 1.05 bits per heavy atom. The van der Waals surface area contributed by atoms with Gasteiger partial charge in [-0.15, -0.1) is 0 Å². The highest BCUT2D eigenvalue weighted by molar-refractivity contribution is 7.80. The van der Waals surface area contributed by atoms with Gasteiger partial charge >= 0.3 is 5.76 Å². The minimum Gasteiger partial charge on any atom is -0.360 e. The number of nitrogens with zero attached hydrogens (tertiary/aromatic N) is 4. The summed E-state index contributed by atoms with van der Waals surface area (Å²) in [5.74, 6) is 0.744.